The molecule has 1 aliphatic rings. The van der Waals surface area contributed by atoms with Gasteiger partial charge >= 0.3 is 17.8 Å². The minimum atomic E-state index is -0.841. The van der Waals surface area contributed by atoms with Gasteiger partial charge in [-0.25, -0.2) is 9.69 Å². The molecular formula is C16H18ClN3O4. The zero-order valence-corrected chi connectivity index (χ0v) is 14.2. The van der Waals surface area contributed by atoms with Crippen molar-refractivity contribution in [2.75, 3.05) is 27.4 Å². The molecule has 1 aromatic carbocycles. The number of halogens is 1. The Labute approximate surface area is 145 Å². The van der Waals surface area contributed by atoms with Crippen LogP contribution in [0.5, 0.6) is 5.75 Å². The Bertz CT molecular complexity index is 692. The van der Waals surface area contributed by atoms with Crippen LogP contribution in [0, 0.1) is 0 Å². The molecule has 128 valence electrons. The number of carbonyl (C=O) groups is 3. The molecule has 0 saturated carbocycles. The van der Waals surface area contributed by atoms with Crippen LogP contribution < -0.4 is 4.74 Å². The van der Waals surface area contributed by atoms with Crippen molar-refractivity contribution in [3.8, 4) is 5.75 Å². The van der Waals surface area contributed by atoms with Gasteiger partial charge in [-0.2, -0.15) is 0 Å². The molecule has 0 atom stereocenters. The molecule has 1 aromatic rings. The second-order valence-electron chi connectivity index (χ2n) is 5.33. The quantitative estimate of drug-likeness (QED) is 0.425. The van der Waals surface area contributed by atoms with Crippen LogP contribution in [-0.2, 0) is 16.1 Å². The largest absolute Gasteiger partial charge is 0.496 e. The predicted molar refractivity (Wildman–Crippen MR) is 88.5 cm³/mol. The Morgan fingerprint density at radius 2 is 1.92 bits per heavy atom. The van der Waals surface area contributed by atoms with Crippen molar-refractivity contribution in [2.45, 2.75) is 6.54 Å². The molecule has 24 heavy (non-hydrogen) atoms. The van der Waals surface area contributed by atoms with Crippen molar-refractivity contribution in [3.63, 3.8) is 0 Å². The summed E-state index contributed by atoms with van der Waals surface area (Å²) in [4.78, 5) is 39.4. The van der Waals surface area contributed by atoms with Crippen LogP contribution in [0.4, 0.5) is 4.79 Å². The first-order valence-electron chi connectivity index (χ1n) is 7.18. The summed E-state index contributed by atoms with van der Waals surface area (Å²) in [5, 5.41) is 0.555. The smallest absolute Gasteiger partial charge is 0.335 e. The van der Waals surface area contributed by atoms with Crippen LogP contribution in [0.1, 0.15) is 5.56 Å². The van der Waals surface area contributed by atoms with Crippen molar-refractivity contribution < 1.29 is 19.1 Å². The van der Waals surface area contributed by atoms with E-state index in [1.165, 1.54) is 6.08 Å². The van der Waals surface area contributed by atoms with Crippen LogP contribution in [0.2, 0.25) is 5.02 Å². The fraction of sp³-hybridized carbons (Fsp3) is 0.312. The van der Waals surface area contributed by atoms with Gasteiger partial charge < -0.3 is 4.74 Å². The van der Waals surface area contributed by atoms with Gasteiger partial charge in [0.2, 0.25) is 0 Å². The van der Waals surface area contributed by atoms with E-state index >= 15 is 0 Å². The molecule has 0 bridgehead atoms. The molecule has 0 aromatic heterocycles. The predicted octanol–water partition coefficient (Wildman–Crippen LogP) is 1.71. The van der Waals surface area contributed by atoms with E-state index in [2.05, 4.69) is 6.58 Å². The number of nitrogens with zero attached hydrogens (tertiary/aromatic N) is 3. The third kappa shape index (κ3) is 3.58. The number of urea groups is 1. The third-order valence-electron chi connectivity index (χ3n) is 3.51. The summed E-state index contributed by atoms with van der Waals surface area (Å²) in [7, 11) is 3.27. The highest BCUT2D eigenvalue weighted by atomic mass is 35.5. The minimum Gasteiger partial charge on any atom is -0.496 e. The Balaban J connectivity index is 2.10. The number of hydrogen-bond donors (Lipinski definition) is 0. The Morgan fingerprint density at radius 3 is 2.54 bits per heavy atom. The number of ether oxygens (including phenoxy) is 1. The lowest BCUT2D eigenvalue weighted by atomic mass is 10.2. The Kier molecular flexibility index (Phi) is 5.58. The van der Waals surface area contributed by atoms with E-state index in [0.717, 1.165) is 15.4 Å². The molecule has 7 nitrogen and oxygen atoms in total. The molecule has 1 fully saturated rings. The van der Waals surface area contributed by atoms with Gasteiger partial charge in [-0.3, -0.25) is 19.4 Å². The van der Waals surface area contributed by atoms with E-state index in [1.807, 2.05) is 0 Å². The average Bonchev–Trinajstić information content (AvgIpc) is 2.73. The maximum Gasteiger partial charge on any atom is 0.335 e. The lowest BCUT2D eigenvalue weighted by Crippen LogP contribution is -2.40. The number of imide groups is 2. The molecule has 4 amide bonds. The maximum absolute atomic E-state index is 12.2. The topological polar surface area (TPSA) is 70.2 Å². The van der Waals surface area contributed by atoms with Crippen LogP contribution in [0.25, 0.3) is 0 Å². The van der Waals surface area contributed by atoms with Gasteiger partial charge in [-0.1, -0.05) is 17.7 Å². The van der Waals surface area contributed by atoms with E-state index < -0.39 is 17.8 Å². The minimum absolute atomic E-state index is 0.00569. The zero-order chi connectivity index (χ0) is 17.9. The highest BCUT2D eigenvalue weighted by Crippen LogP contribution is 2.24. The van der Waals surface area contributed by atoms with Gasteiger partial charge in [0.1, 0.15) is 5.75 Å². The summed E-state index contributed by atoms with van der Waals surface area (Å²) in [6.07, 6.45) is 1.40. The summed E-state index contributed by atoms with van der Waals surface area (Å²) in [6, 6.07) is 4.56. The van der Waals surface area contributed by atoms with Crippen LogP contribution in [-0.4, -0.2) is 59.9 Å². The second-order valence-corrected chi connectivity index (χ2v) is 5.77. The molecule has 2 rings (SSSR count). The van der Waals surface area contributed by atoms with Crippen molar-refractivity contribution in [1.82, 2.24) is 14.7 Å². The molecule has 8 heteroatoms. The number of methoxy groups -OCH3 is 1. The number of benzene rings is 1. The zero-order valence-electron chi connectivity index (χ0n) is 13.5. The van der Waals surface area contributed by atoms with Gasteiger partial charge in [0, 0.05) is 23.7 Å². The molecule has 1 aliphatic heterocycles. The van der Waals surface area contributed by atoms with E-state index in [0.29, 0.717) is 17.3 Å². The van der Waals surface area contributed by atoms with Crippen molar-refractivity contribution in [3.05, 3.63) is 41.4 Å². The Morgan fingerprint density at radius 1 is 1.25 bits per heavy atom. The van der Waals surface area contributed by atoms with Gasteiger partial charge in [0.15, 0.2) is 0 Å². The molecular weight excluding hydrogens is 334 g/mol. The molecule has 0 spiro atoms. The maximum atomic E-state index is 12.2. The summed E-state index contributed by atoms with van der Waals surface area (Å²) in [5.74, 6) is -1.03. The summed E-state index contributed by atoms with van der Waals surface area (Å²) in [5.41, 5.74) is 0.806. The second kappa shape index (κ2) is 7.46. The van der Waals surface area contributed by atoms with E-state index in [4.69, 9.17) is 16.3 Å². The van der Waals surface area contributed by atoms with E-state index in [1.54, 1.807) is 37.3 Å². The molecule has 0 radical (unpaired) electrons. The fourth-order valence-corrected chi connectivity index (χ4v) is 2.61. The highest BCUT2D eigenvalue weighted by molar-refractivity contribution is 6.44. The molecule has 1 saturated heterocycles. The molecule has 1 heterocycles. The standard InChI is InChI=1S/C16H18ClN3O4/c1-4-7-19-14(21)15(22)20(16(19)23)10-18(2)9-11-8-12(17)5-6-13(11)24-3/h4-6,8H,1,7,9-10H2,2-3H3. The van der Waals surface area contributed by atoms with Gasteiger partial charge in [0.05, 0.1) is 13.8 Å². The first kappa shape index (κ1) is 18.0. The average molecular weight is 352 g/mol. The Hall–Kier alpha value is -2.38. The first-order valence-corrected chi connectivity index (χ1v) is 7.56. The number of rotatable bonds is 7. The molecule has 0 unspecified atom stereocenters. The third-order valence-corrected chi connectivity index (χ3v) is 3.75. The van der Waals surface area contributed by atoms with E-state index in [-0.39, 0.29) is 13.2 Å². The summed E-state index contributed by atoms with van der Waals surface area (Å²) >= 11 is 5.99. The van der Waals surface area contributed by atoms with Crippen LogP contribution in [0.15, 0.2) is 30.9 Å². The van der Waals surface area contributed by atoms with Crippen molar-refractivity contribution in [1.29, 1.82) is 0 Å². The van der Waals surface area contributed by atoms with Gasteiger partial charge in [0.25, 0.3) is 0 Å². The van der Waals surface area contributed by atoms with E-state index in [9.17, 15) is 14.4 Å². The van der Waals surface area contributed by atoms with Crippen LogP contribution in [0.3, 0.4) is 0 Å². The van der Waals surface area contributed by atoms with Crippen LogP contribution >= 0.6 is 11.6 Å². The lowest BCUT2D eigenvalue weighted by Gasteiger charge is -2.23. The summed E-state index contributed by atoms with van der Waals surface area (Å²) in [6.45, 7) is 3.84. The summed E-state index contributed by atoms with van der Waals surface area (Å²) < 4.78 is 5.27. The number of carbonyl (C=O) groups excluding carboxylic acids is 3. The lowest BCUT2D eigenvalue weighted by molar-refractivity contribution is -0.143. The number of hydrogen-bond acceptors (Lipinski definition) is 5. The highest BCUT2D eigenvalue weighted by Gasteiger charge is 2.44. The van der Waals surface area contributed by atoms with Crippen molar-refractivity contribution >= 4 is 29.4 Å². The van der Waals surface area contributed by atoms with Crippen molar-refractivity contribution in [2.24, 2.45) is 0 Å². The fourth-order valence-electron chi connectivity index (χ4n) is 2.42. The normalized spacial score (nSPS) is 14.8. The first-order chi connectivity index (χ1) is 11.4. The monoisotopic (exact) mass is 351 g/mol. The molecule has 0 N–H and O–H groups in total. The number of amides is 4. The SMILES string of the molecule is C=CCN1C(=O)C(=O)N(CN(C)Cc2cc(Cl)ccc2OC)C1=O. The molecule has 0 aliphatic carbocycles. The van der Waals surface area contributed by atoms with Gasteiger partial charge in [-0.05, 0) is 25.2 Å². The van der Waals surface area contributed by atoms with Gasteiger partial charge in [-0.15, -0.1) is 6.58 Å².